The highest BCUT2D eigenvalue weighted by molar-refractivity contribution is 6.31. The van der Waals surface area contributed by atoms with Gasteiger partial charge in [0.15, 0.2) is 5.79 Å². The van der Waals surface area contributed by atoms with E-state index in [1.165, 1.54) is 30.0 Å². The summed E-state index contributed by atoms with van der Waals surface area (Å²) in [6, 6.07) is 3.95. The minimum Gasteiger partial charge on any atom is -0.347 e. The van der Waals surface area contributed by atoms with Gasteiger partial charge in [0.05, 0.1) is 18.2 Å². The summed E-state index contributed by atoms with van der Waals surface area (Å²) in [7, 11) is 0. The topological polar surface area (TPSA) is 59.1 Å². The highest BCUT2D eigenvalue weighted by Crippen LogP contribution is 2.31. The predicted molar refractivity (Wildman–Crippen MR) is 89.9 cm³/mol. The Kier molecular flexibility index (Phi) is 5.27. The van der Waals surface area contributed by atoms with E-state index in [9.17, 15) is 14.0 Å². The molecule has 2 saturated heterocycles. The van der Waals surface area contributed by atoms with Gasteiger partial charge in [0.2, 0.25) is 11.8 Å². The van der Waals surface area contributed by atoms with Crippen molar-refractivity contribution in [3.8, 4) is 0 Å². The first-order chi connectivity index (χ1) is 11.9. The Morgan fingerprint density at radius 2 is 1.92 bits per heavy atom. The average Bonchev–Trinajstić information content (AvgIpc) is 3.03. The second kappa shape index (κ2) is 7.27. The third kappa shape index (κ3) is 3.94. The fourth-order valence-electron chi connectivity index (χ4n) is 3.16. The van der Waals surface area contributed by atoms with E-state index in [4.69, 9.17) is 21.1 Å². The van der Waals surface area contributed by atoms with Crippen molar-refractivity contribution in [3.63, 3.8) is 0 Å². The molecule has 8 heteroatoms. The Morgan fingerprint density at radius 1 is 1.28 bits per heavy atom. The molecular formula is C17H20ClFN2O4. The first kappa shape index (κ1) is 18.1. The molecule has 25 heavy (non-hydrogen) atoms. The number of hydrogen-bond donors (Lipinski definition) is 0. The summed E-state index contributed by atoms with van der Waals surface area (Å²) in [6.45, 7) is 3.42. The summed E-state index contributed by atoms with van der Waals surface area (Å²) in [6.07, 6.45) is 1.22. The number of halogens is 2. The van der Waals surface area contributed by atoms with Crippen molar-refractivity contribution in [2.24, 2.45) is 0 Å². The molecule has 0 atom stereocenters. The van der Waals surface area contributed by atoms with Crippen molar-refractivity contribution in [2.75, 3.05) is 37.7 Å². The molecule has 0 N–H and O–H groups in total. The zero-order chi connectivity index (χ0) is 18.0. The highest BCUT2D eigenvalue weighted by Gasteiger charge is 2.40. The van der Waals surface area contributed by atoms with Gasteiger partial charge in [-0.3, -0.25) is 9.59 Å². The molecule has 2 fully saturated rings. The van der Waals surface area contributed by atoms with Crippen LogP contribution in [0.1, 0.15) is 19.8 Å². The maximum Gasteiger partial charge on any atom is 0.242 e. The van der Waals surface area contributed by atoms with Crippen LogP contribution in [0.2, 0.25) is 5.02 Å². The van der Waals surface area contributed by atoms with E-state index in [0.29, 0.717) is 44.8 Å². The maximum absolute atomic E-state index is 13.3. The van der Waals surface area contributed by atoms with Crippen LogP contribution in [0.3, 0.4) is 0 Å². The smallest absolute Gasteiger partial charge is 0.242 e. The Morgan fingerprint density at radius 3 is 2.48 bits per heavy atom. The third-order valence-corrected chi connectivity index (χ3v) is 4.87. The monoisotopic (exact) mass is 370 g/mol. The molecule has 2 amide bonds. The van der Waals surface area contributed by atoms with E-state index in [0.717, 1.165) is 0 Å². The van der Waals surface area contributed by atoms with Gasteiger partial charge in [0.25, 0.3) is 0 Å². The highest BCUT2D eigenvalue weighted by atomic mass is 35.5. The van der Waals surface area contributed by atoms with Gasteiger partial charge >= 0.3 is 0 Å². The number of nitrogens with zero attached hydrogens (tertiary/aromatic N) is 2. The lowest BCUT2D eigenvalue weighted by Gasteiger charge is -2.38. The molecular weight excluding hydrogens is 351 g/mol. The van der Waals surface area contributed by atoms with Gasteiger partial charge in [-0.1, -0.05) is 11.6 Å². The van der Waals surface area contributed by atoms with E-state index in [-0.39, 0.29) is 23.4 Å². The first-order valence-corrected chi connectivity index (χ1v) is 8.57. The van der Waals surface area contributed by atoms with Crippen molar-refractivity contribution in [3.05, 3.63) is 29.0 Å². The van der Waals surface area contributed by atoms with Gasteiger partial charge in [-0.25, -0.2) is 4.39 Å². The summed E-state index contributed by atoms with van der Waals surface area (Å²) >= 11 is 5.78. The number of rotatable bonds is 3. The maximum atomic E-state index is 13.3. The molecule has 1 aromatic rings. The van der Waals surface area contributed by atoms with E-state index in [2.05, 4.69) is 0 Å². The molecule has 1 aromatic carbocycles. The fourth-order valence-corrected chi connectivity index (χ4v) is 3.33. The summed E-state index contributed by atoms with van der Waals surface area (Å²) in [5.41, 5.74) is 0.392. The number of benzene rings is 1. The van der Waals surface area contributed by atoms with Crippen LogP contribution < -0.4 is 4.90 Å². The molecule has 0 aliphatic carbocycles. The second-order valence-corrected chi connectivity index (χ2v) is 6.60. The van der Waals surface area contributed by atoms with Crippen LogP contribution in [0.4, 0.5) is 10.1 Å². The standard InChI is InChI=1S/C17H20ClFN2O4/c1-12(22)21(13-2-3-15(19)14(18)10-13)11-16(23)20-6-4-17(5-7-20)24-8-9-25-17/h2-3,10H,4-9,11H2,1H3. The minimum atomic E-state index is -0.571. The number of carbonyl (C=O) groups excluding carboxylic acids is 2. The molecule has 2 aliphatic rings. The van der Waals surface area contributed by atoms with Gasteiger partial charge < -0.3 is 19.3 Å². The molecule has 3 rings (SSSR count). The molecule has 0 aromatic heterocycles. The van der Waals surface area contributed by atoms with Crippen LogP contribution in [0.25, 0.3) is 0 Å². The van der Waals surface area contributed by atoms with Crippen LogP contribution in [-0.2, 0) is 19.1 Å². The zero-order valence-electron chi connectivity index (χ0n) is 14.0. The van der Waals surface area contributed by atoms with Crippen molar-refractivity contribution in [1.29, 1.82) is 0 Å². The quantitative estimate of drug-likeness (QED) is 0.818. The number of amides is 2. The predicted octanol–water partition coefficient (Wildman–Crippen LogP) is 2.20. The second-order valence-electron chi connectivity index (χ2n) is 6.19. The molecule has 2 aliphatic heterocycles. The van der Waals surface area contributed by atoms with Gasteiger partial charge in [0.1, 0.15) is 12.4 Å². The lowest BCUT2D eigenvalue weighted by Crippen LogP contribution is -2.50. The third-order valence-electron chi connectivity index (χ3n) is 4.58. The van der Waals surface area contributed by atoms with Crippen LogP contribution >= 0.6 is 11.6 Å². The van der Waals surface area contributed by atoms with E-state index >= 15 is 0 Å². The number of hydrogen-bond acceptors (Lipinski definition) is 4. The van der Waals surface area contributed by atoms with Crippen molar-refractivity contribution in [1.82, 2.24) is 4.90 Å². The SMILES string of the molecule is CC(=O)N(CC(=O)N1CCC2(CC1)OCCO2)c1ccc(F)c(Cl)c1. The molecule has 0 saturated carbocycles. The zero-order valence-corrected chi connectivity index (χ0v) is 14.7. The molecule has 1 spiro atoms. The van der Waals surface area contributed by atoms with Crippen LogP contribution in [0, 0.1) is 5.82 Å². The average molecular weight is 371 g/mol. The van der Waals surface area contributed by atoms with Crippen molar-refractivity contribution < 1.29 is 23.5 Å². The number of piperidine rings is 1. The van der Waals surface area contributed by atoms with E-state index < -0.39 is 11.6 Å². The molecule has 0 bridgehead atoms. The van der Waals surface area contributed by atoms with Gasteiger partial charge in [-0.2, -0.15) is 0 Å². The molecule has 2 heterocycles. The Balaban J connectivity index is 1.65. The number of anilines is 1. The molecule has 6 nitrogen and oxygen atoms in total. The summed E-state index contributed by atoms with van der Waals surface area (Å²) in [5, 5.41) is -0.0911. The Labute approximate surface area is 150 Å². The molecule has 136 valence electrons. The molecule has 0 unspecified atom stereocenters. The van der Waals surface area contributed by atoms with Gasteiger partial charge in [-0.05, 0) is 18.2 Å². The van der Waals surface area contributed by atoms with Crippen LogP contribution in [0.5, 0.6) is 0 Å². The number of ether oxygens (including phenoxy) is 2. The number of carbonyl (C=O) groups is 2. The lowest BCUT2D eigenvalue weighted by molar-refractivity contribution is -0.187. The van der Waals surface area contributed by atoms with E-state index in [1.807, 2.05) is 0 Å². The summed E-state index contributed by atoms with van der Waals surface area (Å²) in [4.78, 5) is 27.5. The normalized spacial score (nSPS) is 19.2. The first-order valence-electron chi connectivity index (χ1n) is 8.19. The van der Waals surface area contributed by atoms with Crippen molar-refractivity contribution in [2.45, 2.75) is 25.6 Å². The van der Waals surface area contributed by atoms with Gasteiger partial charge in [-0.15, -0.1) is 0 Å². The Bertz CT molecular complexity index is 669. The van der Waals surface area contributed by atoms with Crippen LogP contribution in [0.15, 0.2) is 18.2 Å². The van der Waals surface area contributed by atoms with Crippen molar-refractivity contribution >= 4 is 29.1 Å². The summed E-state index contributed by atoms with van der Waals surface area (Å²) in [5.74, 6) is -1.62. The fraction of sp³-hybridized carbons (Fsp3) is 0.529. The minimum absolute atomic E-state index is 0.0911. The largest absolute Gasteiger partial charge is 0.347 e. The van der Waals surface area contributed by atoms with Crippen LogP contribution in [-0.4, -0.2) is 55.3 Å². The van der Waals surface area contributed by atoms with E-state index in [1.54, 1.807) is 4.90 Å². The Hall–Kier alpha value is -1.70. The van der Waals surface area contributed by atoms with Gasteiger partial charge in [0, 0.05) is 38.5 Å². The lowest BCUT2D eigenvalue weighted by atomic mass is 10.0. The number of likely N-dealkylation sites (tertiary alicyclic amines) is 1. The molecule has 0 radical (unpaired) electrons. The summed E-state index contributed by atoms with van der Waals surface area (Å²) < 4.78 is 24.6.